The Hall–Kier alpha value is -2.44. The molecule has 0 radical (unpaired) electrons. The van der Waals surface area contributed by atoms with Gasteiger partial charge in [-0.1, -0.05) is 23.2 Å². The van der Waals surface area contributed by atoms with E-state index in [1.54, 1.807) is 18.2 Å². The largest absolute Gasteiger partial charge is 0.399 e. The Balaban J connectivity index is 2.33. The molecule has 0 spiro atoms. The van der Waals surface area contributed by atoms with Gasteiger partial charge in [0.1, 0.15) is 0 Å². The van der Waals surface area contributed by atoms with Gasteiger partial charge in [0.2, 0.25) is 0 Å². The summed E-state index contributed by atoms with van der Waals surface area (Å²) in [7, 11) is 0. The van der Waals surface area contributed by atoms with E-state index < -0.39 is 17.6 Å². The van der Waals surface area contributed by atoms with Gasteiger partial charge in [-0.3, -0.25) is 9.59 Å². The van der Waals surface area contributed by atoms with Crippen molar-refractivity contribution < 1.29 is 9.59 Å². The minimum Gasteiger partial charge on any atom is -0.399 e. The Morgan fingerprint density at radius 3 is 2.38 bits per heavy atom. The first-order valence-corrected chi connectivity index (χ1v) is 7.60. The highest BCUT2D eigenvalue weighted by Crippen LogP contribution is 2.27. The SMILES string of the molecule is CC(=O)C(/N=N/c1ccc(Cl)c(Cl)c1)C(=O)c1cc(N)ccc1N. The second kappa shape index (κ2) is 7.42. The summed E-state index contributed by atoms with van der Waals surface area (Å²) < 4.78 is 0. The smallest absolute Gasteiger partial charge is 0.198 e. The van der Waals surface area contributed by atoms with Crippen molar-refractivity contribution in [3.05, 3.63) is 52.0 Å². The molecule has 124 valence electrons. The van der Waals surface area contributed by atoms with Crippen LogP contribution in [-0.4, -0.2) is 17.6 Å². The number of hydrogen-bond donors (Lipinski definition) is 2. The Morgan fingerprint density at radius 1 is 1.04 bits per heavy atom. The molecule has 0 aliphatic heterocycles. The van der Waals surface area contributed by atoms with Crippen LogP contribution >= 0.6 is 23.2 Å². The number of halogens is 2. The summed E-state index contributed by atoms with van der Waals surface area (Å²) in [4.78, 5) is 24.3. The second-order valence-corrected chi connectivity index (χ2v) is 5.85. The number of azo groups is 1. The van der Waals surface area contributed by atoms with Crippen molar-refractivity contribution >= 4 is 51.8 Å². The first-order chi connectivity index (χ1) is 11.3. The lowest BCUT2D eigenvalue weighted by atomic mass is 10.00. The van der Waals surface area contributed by atoms with Gasteiger partial charge in [-0.25, -0.2) is 0 Å². The number of hydrogen-bond acceptors (Lipinski definition) is 6. The zero-order valence-electron chi connectivity index (χ0n) is 12.7. The molecule has 4 N–H and O–H groups in total. The average molecular weight is 365 g/mol. The van der Waals surface area contributed by atoms with Crippen LogP contribution in [0.2, 0.25) is 10.0 Å². The number of Topliss-reactive ketones (excluding diaryl/α,β-unsaturated/α-hetero) is 2. The normalized spacial score (nSPS) is 12.3. The fraction of sp³-hybridized carbons (Fsp3) is 0.125. The Morgan fingerprint density at radius 2 is 1.75 bits per heavy atom. The van der Waals surface area contributed by atoms with Crippen LogP contribution in [0.25, 0.3) is 0 Å². The van der Waals surface area contributed by atoms with Crippen LogP contribution in [0.15, 0.2) is 46.6 Å². The molecular formula is C16H14Cl2N4O2. The van der Waals surface area contributed by atoms with E-state index in [9.17, 15) is 9.59 Å². The number of rotatable bonds is 5. The standard InChI is InChI=1S/C16H14Cl2N4O2/c1-8(23)15(16(24)11-6-9(19)2-5-14(11)20)22-21-10-3-4-12(17)13(18)7-10/h2-7,15H,19-20H2,1H3/b22-21+. The van der Waals surface area contributed by atoms with Gasteiger partial charge in [-0.15, -0.1) is 0 Å². The van der Waals surface area contributed by atoms with E-state index in [2.05, 4.69) is 10.2 Å². The minimum atomic E-state index is -1.32. The van der Waals surface area contributed by atoms with E-state index in [0.717, 1.165) is 0 Å². The van der Waals surface area contributed by atoms with Gasteiger partial charge in [-0.2, -0.15) is 10.2 Å². The highest BCUT2D eigenvalue weighted by atomic mass is 35.5. The van der Waals surface area contributed by atoms with E-state index in [1.165, 1.54) is 25.1 Å². The molecule has 24 heavy (non-hydrogen) atoms. The molecule has 0 saturated heterocycles. The highest BCUT2D eigenvalue weighted by molar-refractivity contribution is 6.42. The third-order valence-corrected chi connectivity index (χ3v) is 3.91. The van der Waals surface area contributed by atoms with Crippen LogP contribution in [0.3, 0.4) is 0 Å². The van der Waals surface area contributed by atoms with Gasteiger partial charge >= 0.3 is 0 Å². The number of ketones is 2. The topological polar surface area (TPSA) is 111 Å². The predicted molar refractivity (Wildman–Crippen MR) is 95.0 cm³/mol. The van der Waals surface area contributed by atoms with E-state index in [0.29, 0.717) is 21.4 Å². The molecule has 6 nitrogen and oxygen atoms in total. The number of benzene rings is 2. The number of anilines is 2. The van der Waals surface area contributed by atoms with Crippen LogP contribution in [-0.2, 0) is 4.79 Å². The minimum absolute atomic E-state index is 0.128. The number of carbonyl (C=O) groups is 2. The third kappa shape index (κ3) is 4.10. The van der Waals surface area contributed by atoms with Gasteiger partial charge in [-0.05, 0) is 43.3 Å². The van der Waals surface area contributed by atoms with Crippen molar-refractivity contribution in [3.8, 4) is 0 Å². The summed E-state index contributed by atoms with van der Waals surface area (Å²) in [5.74, 6) is -1.04. The van der Waals surface area contributed by atoms with E-state index in [-0.39, 0.29) is 11.3 Å². The van der Waals surface area contributed by atoms with Crippen molar-refractivity contribution in [1.82, 2.24) is 0 Å². The summed E-state index contributed by atoms with van der Waals surface area (Å²) in [5.41, 5.74) is 12.5. The molecule has 8 heteroatoms. The maximum atomic E-state index is 12.5. The van der Waals surface area contributed by atoms with Gasteiger partial charge in [0.15, 0.2) is 17.6 Å². The van der Waals surface area contributed by atoms with E-state index >= 15 is 0 Å². The monoisotopic (exact) mass is 364 g/mol. The molecule has 1 unspecified atom stereocenters. The molecule has 2 aromatic carbocycles. The van der Waals surface area contributed by atoms with Crippen molar-refractivity contribution in [3.63, 3.8) is 0 Å². The molecule has 1 atom stereocenters. The predicted octanol–water partition coefficient (Wildman–Crippen LogP) is 4.08. The lowest BCUT2D eigenvalue weighted by molar-refractivity contribution is -0.117. The lowest BCUT2D eigenvalue weighted by Crippen LogP contribution is -2.27. The lowest BCUT2D eigenvalue weighted by Gasteiger charge is -2.10. The zero-order valence-corrected chi connectivity index (χ0v) is 14.2. The molecular weight excluding hydrogens is 351 g/mol. The van der Waals surface area contributed by atoms with Crippen molar-refractivity contribution in [1.29, 1.82) is 0 Å². The van der Waals surface area contributed by atoms with Crippen LogP contribution in [0, 0.1) is 0 Å². The van der Waals surface area contributed by atoms with Crippen molar-refractivity contribution in [2.45, 2.75) is 13.0 Å². The fourth-order valence-corrected chi connectivity index (χ4v) is 2.22. The van der Waals surface area contributed by atoms with E-state index in [1.807, 2.05) is 0 Å². The summed E-state index contributed by atoms with van der Waals surface area (Å²) in [6.07, 6.45) is 0. The Kier molecular flexibility index (Phi) is 5.54. The number of nitrogens with zero attached hydrogens (tertiary/aromatic N) is 2. The third-order valence-electron chi connectivity index (χ3n) is 3.17. The quantitative estimate of drug-likeness (QED) is 0.360. The summed E-state index contributed by atoms with van der Waals surface area (Å²) in [6.45, 7) is 1.25. The maximum absolute atomic E-state index is 12.5. The first-order valence-electron chi connectivity index (χ1n) is 6.85. The summed E-state index contributed by atoms with van der Waals surface area (Å²) >= 11 is 11.7. The molecule has 0 fully saturated rings. The van der Waals surface area contributed by atoms with Crippen molar-refractivity contribution in [2.24, 2.45) is 10.2 Å². The van der Waals surface area contributed by atoms with Crippen LogP contribution < -0.4 is 11.5 Å². The molecule has 0 saturated carbocycles. The van der Waals surface area contributed by atoms with Gasteiger partial charge in [0.05, 0.1) is 15.7 Å². The van der Waals surface area contributed by atoms with Gasteiger partial charge in [0, 0.05) is 16.9 Å². The molecule has 0 bridgehead atoms. The van der Waals surface area contributed by atoms with Gasteiger partial charge < -0.3 is 11.5 Å². The zero-order chi connectivity index (χ0) is 17.9. The Labute approximate surface area is 148 Å². The van der Waals surface area contributed by atoms with Crippen LogP contribution in [0.1, 0.15) is 17.3 Å². The molecule has 2 aromatic rings. The molecule has 0 aromatic heterocycles. The van der Waals surface area contributed by atoms with Crippen LogP contribution in [0.4, 0.5) is 17.1 Å². The highest BCUT2D eigenvalue weighted by Gasteiger charge is 2.26. The number of nitrogens with two attached hydrogens (primary N) is 2. The number of nitrogen functional groups attached to an aromatic ring is 2. The van der Waals surface area contributed by atoms with E-state index in [4.69, 9.17) is 34.7 Å². The molecule has 0 heterocycles. The molecule has 0 aliphatic carbocycles. The van der Waals surface area contributed by atoms with Gasteiger partial charge in [0.25, 0.3) is 0 Å². The molecule has 0 amide bonds. The number of carbonyl (C=O) groups excluding carboxylic acids is 2. The maximum Gasteiger partial charge on any atom is 0.198 e. The van der Waals surface area contributed by atoms with Crippen LogP contribution in [0.5, 0.6) is 0 Å². The molecule has 0 aliphatic rings. The Bertz CT molecular complexity index is 837. The second-order valence-electron chi connectivity index (χ2n) is 5.04. The fourth-order valence-electron chi connectivity index (χ4n) is 1.92. The van der Waals surface area contributed by atoms with Crippen molar-refractivity contribution in [2.75, 3.05) is 11.5 Å². The summed E-state index contributed by atoms with van der Waals surface area (Å²) in [5, 5.41) is 8.39. The molecule has 2 rings (SSSR count). The first kappa shape index (κ1) is 17.9. The summed E-state index contributed by atoms with van der Waals surface area (Å²) in [6, 6.07) is 7.73. The average Bonchev–Trinajstić information content (AvgIpc) is 2.52.